The Labute approximate surface area is 148 Å². The summed E-state index contributed by atoms with van der Waals surface area (Å²) in [7, 11) is 0. The van der Waals surface area contributed by atoms with E-state index in [2.05, 4.69) is 5.32 Å². The maximum absolute atomic E-state index is 12.5. The van der Waals surface area contributed by atoms with Gasteiger partial charge in [-0.1, -0.05) is 48.5 Å². The summed E-state index contributed by atoms with van der Waals surface area (Å²) in [6.07, 6.45) is 0. The summed E-state index contributed by atoms with van der Waals surface area (Å²) in [6.45, 7) is 5.39. The van der Waals surface area contributed by atoms with Gasteiger partial charge in [0.1, 0.15) is 5.60 Å². The van der Waals surface area contributed by atoms with Crippen molar-refractivity contribution in [3.8, 4) is 0 Å². The molecule has 2 aromatic rings. The highest BCUT2D eigenvalue weighted by molar-refractivity contribution is 5.97. The minimum Gasteiger partial charge on any atom is -0.458 e. The molecular formula is C19H22ClNO3. The summed E-state index contributed by atoms with van der Waals surface area (Å²) in [6, 6.07) is 17.0. The van der Waals surface area contributed by atoms with Gasteiger partial charge in [-0.3, -0.25) is 4.79 Å². The van der Waals surface area contributed by atoms with Crippen LogP contribution in [0.1, 0.15) is 42.7 Å². The van der Waals surface area contributed by atoms with E-state index in [9.17, 15) is 9.59 Å². The molecule has 24 heavy (non-hydrogen) atoms. The van der Waals surface area contributed by atoms with Gasteiger partial charge in [-0.25, -0.2) is 4.79 Å². The highest BCUT2D eigenvalue weighted by Gasteiger charge is 2.28. The van der Waals surface area contributed by atoms with Crippen LogP contribution in [0.3, 0.4) is 0 Å². The Kier molecular flexibility index (Phi) is 6.98. The molecule has 5 heteroatoms. The zero-order valence-corrected chi connectivity index (χ0v) is 14.8. The molecule has 2 aromatic carbocycles. The summed E-state index contributed by atoms with van der Waals surface area (Å²) < 4.78 is 5.44. The van der Waals surface area contributed by atoms with E-state index in [-0.39, 0.29) is 18.3 Å². The van der Waals surface area contributed by atoms with Crippen LogP contribution in [0.4, 0.5) is 0 Å². The Balaban J connectivity index is 0.00000288. The number of esters is 1. The molecule has 0 fully saturated rings. The summed E-state index contributed by atoms with van der Waals surface area (Å²) >= 11 is 0. The molecule has 1 N–H and O–H groups in total. The quantitative estimate of drug-likeness (QED) is 0.853. The maximum Gasteiger partial charge on any atom is 0.333 e. The minimum absolute atomic E-state index is 0. The van der Waals surface area contributed by atoms with Crippen LogP contribution < -0.4 is 5.32 Å². The zero-order chi connectivity index (χ0) is 16.9. The normalized spacial score (nSPS) is 11.8. The lowest BCUT2D eigenvalue weighted by Gasteiger charge is -2.24. The molecular weight excluding hydrogens is 326 g/mol. The average Bonchev–Trinajstić information content (AvgIpc) is 2.52. The number of halogens is 1. The molecule has 0 bridgehead atoms. The highest BCUT2D eigenvalue weighted by Crippen LogP contribution is 2.19. The van der Waals surface area contributed by atoms with Crippen molar-refractivity contribution in [1.29, 1.82) is 0 Å². The van der Waals surface area contributed by atoms with Crippen LogP contribution in [0.5, 0.6) is 0 Å². The highest BCUT2D eigenvalue weighted by atomic mass is 35.5. The minimum atomic E-state index is -0.844. The first kappa shape index (κ1) is 19.7. The Bertz CT molecular complexity index is 666. The molecule has 0 saturated carbocycles. The number of nitrogens with one attached hydrogen (secondary N) is 1. The van der Waals surface area contributed by atoms with Gasteiger partial charge in [0, 0.05) is 5.56 Å². The molecule has 1 atom stereocenters. The van der Waals surface area contributed by atoms with Crippen molar-refractivity contribution in [2.45, 2.75) is 32.4 Å². The molecule has 0 heterocycles. The monoisotopic (exact) mass is 347 g/mol. The summed E-state index contributed by atoms with van der Waals surface area (Å²) in [5.41, 5.74) is 0.560. The van der Waals surface area contributed by atoms with Crippen LogP contribution in [0, 0.1) is 0 Å². The van der Waals surface area contributed by atoms with Crippen LogP contribution in [0.25, 0.3) is 0 Å². The Morgan fingerprint density at radius 1 is 0.917 bits per heavy atom. The Hall–Kier alpha value is -2.33. The predicted octanol–water partition coefficient (Wildman–Crippen LogP) is 3.92. The van der Waals surface area contributed by atoms with Gasteiger partial charge in [-0.2, -0.15) is 0 Å². The SMILES string of the molecule is CC(C)(C)OC(=O)[C@@H](NC(=O)c1ccccc1)c1ccccc1.Cl. The van der Waals surface area contributed by atoms with Gasteiger partial charge in [-0.05, 0) is 38.5 Å². The lowest BCUT2D eigenvalue weighted by Crippen LogP contribution is -2.38. The summed E-state index contributed by atoms with van der Waals surface area (Å²) in [5, 5.41) is 2.76. The van der Waals surface area contributed by atoms with Gasteiger partial charge in [0.15, 0.2) is 6.04 Å². The van der Waals surface area contributed by atoms with Crippen LogP contribution in [-0.2, 0) is 9.53 Å². The van der Waals surface area contributed by atoms with Crippen LogP contribution >= 0.6 is 12.4 Å². The molecule has 0 spiro atoms. The van der Waals surface area contributed by atoms with Crippen LogP contribution in [0.2, 0.25) is 0 Å². The van der Waals surface area contributed by atoms with Gasteiger partial charge in [-0.15, -0.1) is 12.4 Å². The van der Waals surface area contributed by atoms with E-state index in [1.54, 1.807) is 57.2 Å². The first-order valence-electron chi connectivity index (χ1n) is 7.50. The molecule has 0 saturated heterocycles. The standard InChI is InChI=1S/C19H21NO3.ClH/c1-19(2,3)23-18(22)16(14-10-6-4-7-11-14)20-17(21)15-12-8-5-9-13-15;/h4-13,16H,1-3H3,(H,20,21);1H/t16-;/m0./s1. The van der Waals surface area contributed by atoms with Crippen molar-refractivity contribution in [2.75, 3.05) is 0 Å². The van der Waals surface area contributed by atoms with Crippen LogP contribution in [0.15, 0.2) is 60.7 Å². The second-order valence-corrected chi connectivity index (χ2v) is 6.22. The number of rotatable bonds is 4. The van der Waals surface area contributed by atoms with Crippen molar-refractivity contribution in [3.05, 3.63) is 71.8 Å². The largest absolute Gasteiger partial charge is 0.458 e. The second-order valence-electron chi connectivity index (χ2n) is 6.22. The van der Waals surface area contributed by atoms with Gasteiger partial charge in [0.25, 0.3) is 5.91 Å². The summed E-state index contributed by atoms with van der Waals surface area (Å²) in [5.74, 6) is -0.793. The van der Waals surface area contributed by atoms with E-state index in [1.807, 2.05) is 24.3 Å². The van der Waals surface area contributed by atoms with Gasteiger partial charge >= 0.3 is 5.97 Å². The van der Waals surface area contributed by atoms with E-state index in [0.29, 0.717) is 11.1 Å². The average molecular weight is 348 g/mol. The van der Waals surface area contributed by atoms with Gasteiger partial charge < -0.3 is 10.1 Å². The van der Waals surface area contributed by atoms with Gasteiger partial charge in [0.05, 0.1) is 0 Å². The van der Waals surface area contributed by atoms with E-state index in [0.717, 1.165) is 0 Å². The smallest absolute Gasteiger partial charge is 0.333 e. The molecule has 2 rings (SSSR count). The molecule has 1 amide bonds. The number of amides is 1. The van der Waals surface area contributed by atoms with Crippen molar-refractivity contribution in [1.82, 2.24) is 5.32 Å². The molecule has 0 radical (unpaired) electrons. The number of benzene rings is 2. The van der Waals surface area contributed by atoms with Crippen molar-refractivity contribution in [3.63, 3.8) is 0 Å². The van der Waals surface area contributed by atoms with Gasteiger partial charge in [0.2, 0.25) is 0 Å². The number of hydrogen-bond acceptors (Lipinski definition) is 3. The number of ether oxygens (including phenoxy) is 1. The van der Waals surface area contributed by atoms with E-state index >= 15 is 0 Å². The van der Waals surface area contributed by atoms with Crippen LogP contribution in [-0.4, -0.2) is 17.5 Å². The lowest BCUT2D eigenvalue weighted by atomic mass is 10.1. The van der Waals surface area contributed by atoms with Crippen molar-refractivity contribution >= 4 is 24.3 Å². The molecule has 128 valence electrons. The fourth-order valence-electron chi connectivity index (χ4n) is 2.09. The number of carbonyl (C=O) groups excluding carboxylic acids is 2. The fraction of sp³-hybridized carbons (Fsp3) is 0.263. The molecule has 0 unspecified atom stereocenters. The zero-order valence-electron chi connectivity index (χ0n) is 14.0. The molecule has 0 aliphatic heterocycles. The Morgan fingerprint density at radius 2 is 1.42 bits per heavy atom. The second kappa shape index (κ2) is 8.50. The molecule has 0 aromatic heterocycles. The third-order valence-electron chi connectivity index (χ3n) is 3.09. The first-order chi connectivity index (χ1) is 10.9. The fourth-order valence-corrected chi connectivity index (χ4v) is 2.09. The van der Waals surface area contributed by atoms with Crippen molar-refractivity contribution < 1.29 is 14.3 Å². The van der Waals surface area contributed by atoms with E-state index in [1.165, 1.54) is 0 Å². The van der Waals surface area contributed by atoms with E-state index < -0.39 is 17.6 Å². The first-order valence-corrected chi connectivity index (χ1v) is 7.50. The lowest BCUT2D eigenvalue weighted by molar-refractivity contribution is -0.157. The Morgan fingerprint density at radius 3 is 1.92 bits per heavy atom. The van der Waals surface area contributed by atoms with E-state index in [4.69, 9.17) is 4.74 Å². The topological polar surface area (TPSA) is 55.4 Å². The molecule has 0 aliphatic rings. The number of carbonyl (C=O) groups is 2. The molecule has 0 aliphatic carbocycles. The third-order valence-corrected chi connectivity index (χ3v) is 3.09. The maximum atomic E-state index is 12.5. The molecule has 4 nitrogen and oxygen atoms in total. The summed E-state index contributed by atoms with van der Waals surface area (Å²) in [4.78, 5) is 24.9. The van der Waals surface area contributed by atoms with Crippen molar-refractivity contribution in [2.24, 2.45) is 0 Å². The predicted molar refractivity (Wildman–Crippen MR) is 96.2 cm³/mol. The third kappa shape index (κ3) is 5.70. The number of hydrogen-bond donors (Lipinski definition) is 1.